The second-order valence-electron chi connectivity index (χ2n) is 3.75. The van der Waals surface area contributed by atoms with E-state index in [4.69, 9.17) is 11.6 Å². The summed E-state index contributed by atoms with van der Waals surface area (Å²) < 4.78 is 39.8. The Balaban J connectivity index is 2.33. The average Bonchev–Trinajstić information content (AvgIpc) is 2.84. The molecule has 0 atom stereocenters. The lowest BCUT2D eigenvalue weighted by Gasteiger charge is -2.07. The summed E-state index contributed by atoms with van der Waals surface area (Å²) in [5.74, 6) is -0.282. The van der Waals surface area contributed by atoms with Gasteiger partial charge in [0.2, 0.25) is 0 Å². The Kier molecular flexibility index (Phi) is 3.77. The van der Waals surface area contributed by atoms with Gasteiger partial charge in [-0.05, 0) is 12.1 Å². The second kappa shape index (κ2) is 5.18. The van der Waals surface area contributed by atoms with Crippen LogP contribution in [0.4, 0.5) is 10.1 Å². The van der Waals surface area contributed by atoms with E-state index in [1.54, 1.807) is 0 Å². The van der Waals surface area contributed by atoms with Crippen molar-refractivity contribution in [2.45, 2.75) is 18.4 Å². The van der Waals surface area contributed by atoms with E-state index in [-0.39, 0.29) is 15.7 Å². The number of imidazole rings is 1. The predicted molar refractivity (Wildman–Crippen MR) is 70.2 cm³/mol. The van der Waals surface area contributed by atoms with Crippen molar-refractivity contribution >= 4 is 27.3 Å². The van der Waals surface area contributed by atoms with Gasteiger partial charge in [-0.15, -0.1) is 0 Å². The van der Waals surface area contributed by atoms with E-state index in [0.717, 1.165) is 0 Å². The Morgan fingerprint density at radius 1 is 1.47 bits per heavy atom. The summed E-state index contributed by atoms with van der Waals surface area (Å²) in [6.07, 6.45) is 1.75. The molecule has 1 aromatic heterocycles. The maximum atomic E-state index is 13.6. The quantitative estimate of drug-likeness (QED) is 0.911. The molecule has 0 aliphatic carbocycles. The highest BCUT2D eigenvalue weighted by Gasteiger charge is 2.19. The van der Waals surface area contributed by atoms with Gasteiger partial charge in [0.1, 0.15) is 5.82 Å². The Labute approximate surface area is 114 Å². The number of aryl methyl sites for hydroxylation is 1. The molecule has 0 unspecified atom stereocenters. The summed E-state index contributed by atoms with van der Waals surface area (Å²) in [4.78, 5) is 6.53. The van der Waals surface area contributed by atoms with Crippen molar-refractivity contribution in [1.82, 2.24) is 9.97 Å². The number of anilines is 1. The fourth-order valence-corrected chi connectivity index (χ4v) is 2.62. The van der Waals surface area contributed by atoms with Crippen LogP contribution in [0.1, 0.15) is 12.7 Å². The molecule has 0 bridgehead atoms. The van der Waals surface area contributed by atoms with E-state index in [1.165, 1.54) is 24.4 Å². The lowest BCUT2D eigenvalue weighted by Crippen LogP contribution is -2.14. The van der Waals surface area contributed by atoms with Crippen molar-refractivity contribution in [2.24, 2.45) is 0 Å². The third-order valence-corrected chi connectivity index (χ3v) is 3.99. The van der Waals surface area contributed by atoms with Crippen molar-refractivity contribution in [2.75, 3.05) is 4.72 Å². The monoisotopic (exact) mass is 303 g/mol. The van der Waals surface area contributed by atoms with Crippen LogP contribution < -0.4 is 4.72 Å². The third-order valence-electron chi connectivity index (χ3n) is 2.43. The summed E-state index contributed by atoms with van der Waals surface area (Å²) in [6.45, 7) is 1.83. The van der Waals surface area contributed by atoms with Crippen LogP contribution in [0.15, 0.2) is 29.4 Å². The standard InChI is InChI=1S/C11H11ClFN3O2S/c1-2-9-14-6-10(15-9)19(17,18)16-8-5-3-4-7(12)11(8)13/h3-6,16H,2H2,1H3,(H,14,15). The van der Waals surface area contributed by atoms with Crippen molar-refractivity contribution in [3.8, 4) is 0 Å². The number of aromatic amines is 1. The SMILES string of the molecule is CCc1ncc(S(=O)(=O)Nc2cccc(Cl)c2F)[nH]1. The molecule has 0 saturated heterocycles. The third kappa shape index (κ3) is 2.87. The number of nitrogens with zero attached hydrogens (tertiary/aromatic N) is 1. The van der Waals surface area contributed by atoms with E-state index in [0.29, 0.717) is 12.2 Å². The van der Waals surface area contributed by atoms with Gasteiger partial charge in [0, 0.05) is 6.42 Å². The Bertz CT molecular complexity index is 700. The highest BCUT2D eigenvalue weighted by molar-refractivity contribution is 7.92. The number of benzene rings is 1. The summed E-state index contributed by atoms with van der Waals surface area (Å²) in [6, 6.07) is 4.07. The maximum Gasteiger partial charge on any atom is 0.279 e. The van der Waals surface area contributed by atoms with Crippen LogP contribution in [-0.4, -0.2) is 18.4 Å². The lowest BCUT2D eigenvalue weighted by atomic mass is 10.3. The first-order valence-electron chi connectivity index (χ1n) is 5.44. The van der Waals surface area contributed by atoms with Gasteiger partial charge in [0.05, 0.1) is 16.9 Å². The molecular formula is C11H11ClFN3O2S. The first kappa shape index (κ1) is 13.8. The van der Waals surface area contributed by atoms with Gasteiger partial charge < -0.3 is 4.98 Å². The molecule has 0 spiro atoms. The summed E-state index contributed by atoms with van der Waals surface area (Å²) >= 11 is 5.59. The highest BCUT2D eigenvalue weighted by Crippen LogP contribution is 2.24. The van der Waals surface area contributed by atoms with Crippen molar-refractivity contribution in [1.29, 1.82) is 0 Å². The van der Waals surface area contributed by atoms with E-state index in [2.05, 4.69) is 14.7 Å². The van der Waals surface area contributed by atoms with Crippen LogP contribution in [0.25, 0.3) is 0 Å². The van der Waals surface area contributed by atoms with Crippen LogP contribution in [0, 0.1) is 5.82 Å². The van der Waals surface area contributed by atoms with Gasteiger partial charge in [-0.3, -0.25) is 4.72 Å². The van der Waals surface area contributed by atoms with Crippen LogP contribution in [-0.2, 0) is 16.4 Å². The number of halogens is 2. The largest absolute Gasteiger partial charge is 0.332 e. The molecule has 1 aromatic carbocycles. The van der Waals surface area contributed by atoms with Crippen LogP contribution in [0.3, 0.4) is 0 Å². The minimum Gasteiger partial charge on any atom is -0.332 e. The average molecular weight is 304 g/mol. The Morgan fingerprint density at radius 2 is 2.21 bits per heavy atom. The molecule has 0 amide bonds. The molecule has 8 heteroatoms. The first-order chi connectivity index (χ1) is 8.94. The van der Waals surface area contributed by atoms with Crippen molar-refractivity contribution < 1.29 is 12.8 Å². The van der Waals surface area contributed by atoms with Crippen molar-refractivity contribution in [3.05, 3.63) is 41.1 Å². The van der Waals surface area contributed by atoms with E-state index in [1.807, 2.05) is 6.92 Å². The molecule has 2 rings (SSSR count). The molecule has 5 nitrogen and oxygen atoms in total. The second-order valence-corrected chi connectivity index (χ2v) is 5.81. The van der Waals surface area contributed by atoms with E-state index in [9.17, 15) is 12.8 Å². The van der Waals surface area contributed by atoms with Gasteiger partial charge in [-0.1, -0.05) is 24.6 Å². The number of nitrogens with one attached hydrogen (secondary N) is 2. The van der Waals surface area contributed by atoms with Gasteiger partial charge in [0.15, 0.2) is 10.8 Å². The van der Waals surface area contributed by atoms with E-state index < -0.39 is 15.8 Å². The molecule has 0 aliphatic heterocycles. The zero-order chi connectivity index (χ0) is 14.0. The van der Waals surface area contributed by atoms with Crippen molar-refractivity contribution in [3.63, 3.8) is 0 Å². The number of hydrogen-bond donors (Lipinski definition) is 2. The molecule has 0 radical (unpaired) electrons. The van der Waals surface area contributed by atoms with Crippen LogP contribution >= 0.6 is 11.6 Å². The molecule has 2 aromatic rings. The fraction of sp³-hybridized carbons (Fsp3) is 0.182. The molecular weight excluding hydrogens is 293 g/mol. The summed E-state index contributed by atoms with van der Waals surface area (Å²) in [7, 11) is -3.91. The first-order valence-corrected chi connectivity index (χ1v) is 7.31. The van der Waals surface area contributed by atoms with Gasteiger partial charge in [-0.2, -0.15) is 8.42 Å². The summed E-state index contributed by atoms with van der Waals surface area (Å²) in [5, 5.41) is -0.275. The Hall–Kier alpha value is -1.60. The normalized spacial score (nSPS) is 11.5. The lowest BCUT2D eigenvalue weighted by molar-refractivity contribution is 0.595. The van der Waals surface area contributed by atoms with Gasteiger partial charge in [0.25, 0.3) is 10.0 Å². The Morgan fingerprint density at radius 3 is 2.84 bits per heavy atom. The smallest absolute Gasteiger partial charge is 0.279 e. The number of aromatic nitrogens is 2. The molecule has 0 fully saturated rings. The van der Waals surface area contributed by atoms with Gasteiger partial charge >= 0.3 is 0 Å². The molecule has 0 saturated carbocycles. The fourth-order valence-electron chi connectivity index (χ4n) is 1.44. The number of hydrogen-bond acceptors (Lipinski definition) is 3. The number of rotatable bonds is 4. The van der Waals surface area contributed by atoms with Crippen LogP contribution in [0.2, 0.25) is 5.02 Å². The minimum absolute atomic E-state index is 0.122. The number of sulfonamides is 1. The zero-order valence-corrected chi connectivity index (χ0v) is 11.5. The molecule has 0 aliphatic rings. The molecule has 2 N–H and O–H groups in total. The summed E-state index contributed by atoms with van der Waals surface area (Å²) in [5.41, 5.74) is -0.208. The molecule has 19 heavy (non-hydrogen) atoms. The highest BCUT2D eigenvalue weighted by atomic mass is 35.5. The van der Waals surface area contributed by atoms with E-state index >= 15 is 0 Å². The maximum absolute atomic E-state index is 13.6. The minimum atomic E-state index is -3.91. The zero-order valence-electron chi connectivity index (χ0n) is 9.94. The molecule has 1 heterocycles. The van der Waals surface area contributed by atoms with Crippen LogP contribution in [0.5, 0.6) is 0 Å². The number of H-pyrrole nitrogens is 1. The van der Waals surface area contributed by atoms with Gasteiger partial charge in [-0.25, -0.2) is 9.37 Å². The topological polar surface area (TPSA) is 74.8 Å². The predicted octanol–water partition coefficient (Wildman–Crippen LogP) is 2.57. The molecule has 102 valence electrons.